The number of hydrogen-bond acceptors (Lipinski definition) is 5. The van der Waals surface area contributed by atoms with E-state index in [1.807, 2.05) is 12.1 Å². The first kappa shape index (κ1) is 25.6. The minimum Gasteiger partial charge on any atom is -0.396 e. The molecule has 3 aromatic rings. The molecule has 0 saturated carbocycles. The van der Waals surface area contributed by atoms with Crippen LogP contribution in [0.1, 0.15) is 35.2 Å². The Bertz CT molecular complexity index is 1050. The maximum absolute atomic E-state index is 12.2. The standard InChI is InChI=1S/C27H36N4O3/c1-21-24(25-6-2-3-7-26(25)29-21)14-15-28-20-23-10-8-22(9-11-23)12-13-27(34)30-31(16-4-18-32)17-5-19-33/h2-3,6-13,28-29,32-33H,4-5,14-20H2,1H3,(H,30,34). The van der Waals surface area contributed by atoms with E-state index in [9.17, 15) is 4.79 Å². The molecule has 0 atom stereocenters. The number of nitrogens with zero attached hydrogens (tertiary/aromatic N) is 1. The lowest BCUT2D eigenvalue weighted by molar-refractivity contribution is -0.121. The Labute approximate surface area is 201 Å². The van der Waals surface area contributed by atoms with Gasteiger partial charge >= 0.3 is 0 Å². The van der Waals surface area contributed by atoms with E-state index in [1.165, 1.54) is 33.8 Å². The van der Waals surface area contributed by atoms with Gasteiger partial charge in [-0.3, -0.25) is 10.2 Å². The van der Waals surface area contributed by atoms with Crippen molar-refractivity contribution < 1.29 is 15.0 Å². The minimum absolute atomic E-state index is 0.0607. The second-order valence-electron chi connectivity index (χ2n) is 8.39. The molecular weight excluding hydrogens is 428 g/mol. The number of carbonyl (C=O) groups excluding carboxylic acids is 1. The van der Waals surface area contributed by atoms with Gasteiger partial charge in [-0.2, -0.15) is 0 Å². The highest BCUT2D eigenvalue weighted by atomic mass is 16.3. The summed E-state index contributed by atoms with van der Waals surface area (Å²) in [5, 5.41) is 24.5. The second-order valence-corrected chi connectivity index (χ2v) is 8.39. The third-order valence-electron chi connectivity index (χ3n) is 5.76. The molecule has 2 aromatic carbocycles. The summed E-state index contributed by atoms with van der Waals surface area (Å²) in [5.74, 6) is -0.228. The van der Waals surface area contributed by atoms with Crippen molar-refractivity contribution in [3.05, 3.63) is 77.0 Å². The minimum atomic E-state index is -0.228. The number of amides is 1. The number of carbonyl (C=O) groups is 1. The van der Waals surface area contributed by atoms with E-state index in [-0.39, 0.29) is 19.1 Å². The fourth-order valence-electron chi connectivity index (χ4n) is 3.96. The van der Waals surface area contributed by atoms with Gasteiger partial charge in [0.05, 0.1) is 0 Å². The van der Waals surface area contributed by atoms with Crippen molar-refractivity contribution in [2.24, 2.45) is 0 Å². The zero-order chi connectivity index (χ0) is 24.2. The number of H-pyrrole nitrogens is 1. The summed E-state index contributed by atoms with van der Waals surface area (Å²) in [4.78, 5) is 15.7. The van der Waals surface area contributed by atoms with Crippen LogP contribution in [-0.2, 0) is 17.8 Å². The van der Waals surface area contributed by atoms with Crippen LogP contribution in [0.4, 0.5) is 0 Å². The number of benzene rings is 2. The highest BCUT2D eigenvalue weighted by molar-refractivity contribution is 5.91. The van der Waals surface area contributed by atoms with Crippen LogP contribution in [0.3, 0.4) is 0 Å². The topological polar surface area (TPSA) is 101 Å². The Balaban J connectivity index is 1.43. The van der Waals surface area contributed by atoms with Crippen LogP contribution in [0.2, 0.25) is 0 Å². The van der Waals surface area contributed by atoms with Gasteiger partial charge in [-0.1, -0.05) is 42.5 Å². The Hall–Kier alpha value is -2.97. The molecule has 0 bridgehead atoms. The first-order valence-corrected chi connectivity index (χ1v) is 11.9. The number of aliphatic hydroxyl groups excluding tert-OH is 2. The van der Waals surface area contributed by atoms with Crippen LogP contribution in [0, 0.1) is 6.92 Å². The SMILES string of the molecule is Cc1[nH]c2ccccc2c1CCNCc1ccc(C=CC(=O)NN(CCCO)CCCO)cc1. The van der Waals surface area contributed by atoms with Crippen molar-refractivity contribution in [3.63, 3.8) is 0 Å². The largest absolute Gasteiger partial charge is 0.396 e. The van der Waals surface area contributed by atoms with Gasteiger partial charge in [0.2, 0.25) is 0 Å². The first-order chi connectivity index (χ1) is 16.6. The molecule has 0 fully saturated rings. The number of rotatable bonds is 14. The van der Waals surface area contributed by atoms with Crippen molar-refractivity contribution >= 4 is 22.9 Å². The average molecular weight is 465 g/mol. The molecule has 0 aliphatic carbocycles. The van der Waals surface area contributed by atoms with Gasteiger partial charge in [0.1, 0.15) is 0 Å². The molecule has 34 heavy (non-hydrogen) atoms. The van der Waals surface area contributed by atoms with Gasteiger partial charge in [0, 0.05) is 55.5 Å². The van der Waals surface area contributed by atoms with Crippen LogP contribution >= 0.6 is 0 Å². The highest BCUT2D eigenvalue weighted by Gasteiger charge is 2.08. The normalized spacial score (nSPS) is 11.6. The molecule has 3 rings (SSSR count). The van der Waals surface area contributed by atoms with Crippen LogP contribution in [0.25, 0.3) is 17.0 Å². The molecule has 0 radical (unpaired) electrons. The highest BCUT2D eigenvalue weighted by Crippen LogP contribution is 2.21. The molecule has 0 spiro atoms. The average Bonchev–Trinajstić information content (AvgIpc) is 3.17. The number of fused-ring (bicyclic) bond motifs is 1. The van der Waals surface area contributed by atoms with Crippen LogP contribution in [0.5, 0.6) is 0 Å². The van der Waals surface area contributed by atoms with Gasteiger partial charge in [-0.05, 0) is 61.6 Å². The molecule has 0 unspecified atom stereocenters. The molecule has 0 aliphatic rings. The van der Waals surface area contributed by atoms with Crippen LogP contribution < -0.4 is 10.7 Å². The second kappa shape index (κ2) is 13.7. The number of para-hydroxylation sites is 1. The number of nitrogens with one attached hydrogen (secondary N) is 3. The van der Waals surface area contributed by atoms with E-state index in [0.717, 1.165) is 25.1 Å². The number of aryl methyl sites for hydroxylation is 1. The lowest BCUT2D eigenvalue weighted by atomic mass is 10.1. The van der Waals surface area contributed by atoms with Crippen molar-refractivity contribution in [3.8, 4) is 0 Å². The molecule has 5 N–H and O–H groups in total. The van der Waals surface area contributed by atoms with Crippen molar-refractivity contribution in [1.29, 1.82) is 0 Å². The van der Waals surface area contributed by atoms with Gasteiger partial charge in [-0.25, -0.2) is 5.01 Å². The Morgan fingerprint density at radius 1 is 1.03 bits per heavy atom. The van der Waals surface area contributed by atoms with E-state index in [0.29, 0.717) is 25.9 Å². The number of aromatic nitrogens is 1. The molecule has 0 aliphatic heterocycles. The summed E-state index contributed by atoms with van der Waals surface area (Å²) in [6.07, 6.45) is 5.38. The van der Waals surface area contributed by atoms with E-state index >= 15 is 0 Å². The first-order valence-electron chi connectivity index (χ1n) is 11.9. The van der Waals surface area contributed by atoms with Crippen molar-refractivity contribution in [1.82, 2.24) is 20.7 Å². The lowest BCUT2D eigenvalue weighted by Crippen LogP contribution is -2.43. The van der Waals surface area contributed by atoms with E-state index < -0.39 is 0 Å². The van der Waals surface area contributed by atoms with Gasteiger partial charge in [-0.15, -0.1) is 0 Å². The molecule has 182 valence electrons. The third kappa shape index (κ3) is 7.81. The summed E-state index contributed by atoms with van der Waals surface area (Å²) in [6.45, 7) is 5.01. The van der Waals surface area contributed by atoms with Crippen molar-refractivity contribution in [2.75, 3.05) is 32.8 Å². The molecule has 1 aromatic heterocycles. The number of hydrogen-bond donors (Lipinski definition) is 5. The monoisotopic (exact) mass is 464 g/mol. The molecule has 7 nitrogen and oxygen atoms in total. The summed E-state index contributed by atoms with van der Waals surface area (Å²) in [6, 6.07) is 16.5. The lowest BCUT2D eigenvalue weighted by Gasteiger charge is -2.21. The zero-order valence-electron chi connectivity index (χ0n) is 19.9. The fourth-order valence-corrected chi connectivity index (χ4v) is 3.96. The molecule has 1 amide bonds. The maximum Gasteiger partial charge on any atom is 0.258 e. The van der Waals surface area contributed by atoms with Gasteiger partial charge in [0.15, 0.2) is 0 Å². The predicted molar refractivity (Wildman–Crippen MR) is 137 cm³/mol. The van der Waals surface area contributed by atoms with Crippen molar-refractivity contribution in [2.45, 2.75) is 32.7 Å². The maximum atomic E-state index is 12.2. The number of aromatic amines is 1. The predicted octanol–water partition coefficient (Wildman–Crippen LogP) is 2.92. The number of hydrazine groups is 1. The number of aliphatic hydroxyl groups is 2. The molecule has 7 heteroatoms. The third-order valence-corrected chi connectivity index (χ3v) is 5.76. The summed E-state index contributed by atoms with van der Waals surface area (Å²) in [5.41, 5.74) is 8.73. The molecular formula is C27H36N4O3. The quantitative estimate of drug-likeness (QED) is 0.144. The van der Waals surface area contributed by atoms with E-state index in [4.69, 9.17) is 10.2 Å². The molecule has 1 heterocycles. The summed E-state index contributed by atoms with van der Waals surface area (Å²) in [7, 11) is 0. The smallest absolute Gasteiger partial charge is 0.258 e. The fraction of sp³-hybridized carbons (Fsp3) is 0.370. The molecule has 0 saturated heterocycles. The summed E-state index contributed by atoms with van der Waals surface area (Å²) < 4.78 is 0. The summed E-state index contributed by atoms with van der Waals surface area (Å²) >= 11 is 0. The van der Waals surface area contributed by atoms with E-state index in [2.05, 4.69) is 59.0 Å². The van der Waals surface area contributed by atoms with Crippen LogP contribution in [-0.4, -0.2) is 59.0 Å². The Kier molecular flexibility index (Phi) is 10.3. The Morgan fingerprint density at radius 2 is 1.74 bits per heavy atom. The Morgan fingerprint density at radius 3 is 2.44 bits per heavy atom. The van der Waals surface area contributed by atoms with Gasteiger partial charge < -0.3 is 20.5 Å². The van der Waals surface area contributed by atoms with Crippen LogP contribution in [0.15, 0.2) is 54.6 Å². The van der Waals surface area contributed by atoms with Gasteiger partial charge in [0.25, 0.3) is 5.91 Å². The zero-order valence-corrected chi connectivity index (χ0v) is 19.9. The van der Waals surface area contributed by atoms with E-state index in [1.54, 1.807) is 11.1 Å².